The van der Waals surface area contributed by atoms with E-state index in [2.05, 4.69) is 15.6 Å². The molecule has 2 amide bonds. The van der Waals surface area contributed by atoms with Gasteiger partial charge in [-0.2, -0.15) is 0 Å². The van der Waals surface area contributed by atoms with Gasteiger partial charge in [-0.3, -0.25) is 15.0 Å². The number of nitrogens with zero attached hydrogens (tertiary/aromatic N) is 1. The maximum atomic E-state index is 12.1. The number of carbonyl (C=O) groups is 2. The summed E-state index contributed by atoms with van der Waals surface area (Å²) >= 11 is 0. The van der Waals surface area contributed by atoms with Gasteiger partial charge in [0.1, 0.15) is 11.7 Å². The van der Waals surface area contributed by atoms with Gasteiger partial charge in [-0.25, -0.2) is 4.99 Å². The molecule has 0 saturated carbocycles. The molecule has 0 aliphatic carbocycles. The van der Waals surface area contributed by atoms with Gasteiger partial charge in [0.2, 0.25) is 12.3 Å². The fraction of sp³-hybridized carbons (Fsp3) is 0.364. The molecule has 6 nitrogen and oxygen atoms in total. The Kier molecular flexibility index (Phi) is 8.51. The highest BCUT2D eigenvalue weighted by Gasteiger charge is 2.20. The zero-order valence-electron chi connectivity index (χ0n) is 17.5. The Morgan fingerprint density at radius 3 is 2.50 bits per heavy atom. The number of nitrogens with one attached hydrogen (secondary N) is 3. The second-order valence-corrected chi connectivity index (χ2v) is 7.56. The molecular formula is C22H30N4O2. The van der Waals surface area contributed by atoms with Crippen molar-refractivity contribution in [1.29, 1.82) is 5.41 Å². The molecule has 0 bridgehead atoms. The quantitative estimate of drug-likeness (QED) is 0.303. The van der Waals surface area contributed by atoms with Gasteiger partial charge >= 0.3 is 0 Å². The van der Waals surface area contributed by atoms with Crippen LogP contribution in [-0.4, -0.2) is 24.0 Å². The molecule has 3 N–H and O–H groups in total. The largest absolute Gasteiger partial charge is 0.352 e. The molecule has 0 radical (unpaired) electrons. The van der Waals surface area contributed by atoms with Crippen LogP contribution in [0.15, 0.2) is 52.6 Å². The highest BCUT2D eigenvalue weighted by Crippen LogP contribution is 2.14. The summed E-state index contributed by atoms with van der Waals surface area (Å²) in [7, 11) is 0. The van der Waals surface area contributed by atoms with Crippen molar-refractivity contribution >= 4 is 24.0 Å². The predicted molar refractivity (Wildman–Crippen MR) is 114 cm³/mol. The van der Waals surface area contributed by atoms with E-state index >= 15 is 0 Å². The fourth-order valence-corrected chi connectivity index (χ4v) is 2.21. The summed E-state index contributed by atoms with van der Waals surface area (Å²) in [5, 5.41) is 13.7. The summed E-state index contributed by atoms with van der Waals surface area (Å²) < 4.78 is 0. The topological polar surface area (TPSA) is 94.4 Å². The van der Waals surface area contributed by atoms with E-state index in [1.807, 2.05) is 65.0 Å². The predicted octanol–water partition coefficient (Wildman–Crippen LogP) is 3.73. The third-order valence-corrected chi connectivity index (χ3v) is 4.03. The standard InChI is InChI=1S/C22H30N4O2/c1-7-15(2)11-16(3)19(23)26-20(25-14-27)18-10-8-9-17(12-18)13-24-21(28)22(4,5)6/h7-12,14H,13H2,1-6H3,(H,24,28)(H2,23,25,26,27)/b15-7-,16-11+. The van der Waals surface area contributed by atoms with Crippen LogP contribution >= 0.6 is 0 Å². The van der Waals surface area contributed by atoms with Crippen LogP contribution < -0.4 is 10.6 Å². The lowest BCUT2D eigenvalue weighted by molar-refractivity contribution is -0.128. The Morgan fingerprint density at radius 1 is 1.25 bits per heavy atom. The average molecular weight is 383 g/mol. The smallest absolute Gasteiger partial charge is 0.225 e. The Morgan fingerprint density at radius 2 is 1.93 bits per heavy atom. The maximum Gasteiger partial charge on any atom is 0.225 e. The number of benzene rings is 1. The minimum atomic E-state index is -0.465. The lowest BCUT2D eigenvalue weighted by Crippen LogP contribution is -2.34. The van der Waals surface area contributed by atoms with Crippen molar-refractivity contribution in [2.75, 3.05) is 0 Å². The summed E-state index contributed by atoms with van der Waals surface area (Å²) in [6.45, 7) is 11.6. The number of hydrogen-bond acceptors (Lipinski definition) is 3. The Labute approximate surface area is 167 Å². The van der Waals surface area contributed by atoms with Crippen molar-refractivity contribution in [2.45, 2.75) is 48.1 Å². The number of rotatable bonds is 6. The number of hydrogen-bond donors (Lipinski definition) is 3. The molecule has 0 aromatic heterocycles. The number of allylic oxidation sites excluding steroid dienone is 3. The number of amides is 2. The van der Waals surface area contributed by atoms with E-state index in [1.54, 1.807) is 13.0 Å². The third kappa shape index (κ3) is 7.31. The first-order valence-electron chi connectivity index (χ1n) is 9.15. The second kappa shape index (κ2) is 10.3. The summed E-state index contributed by atoms with van der Waals surface area (Å²) in [5.74, 6) is 0.312. The third-order valence-electron chi connectivity index (χ3n) is 4.03. The van der Waals surface area contributed by atoms with Crippen LogP contribution in [0.3, 0.4) is 0 Å². The van der Waals surface area contributed by atoms with E-state index in [4.69, 9.17) is 5.41 Å². The zero-order valence-corrected chi connectivity index (χ0v) is 17.5. The van der Waals surface area contributed by atoms with Crippen LogP contribution in [0.1, 0.15) is 52.7 Å². The highest BCUT2D eigenvalue weighted by molar-refractivity contribution is 6.12. The molecule has 150 valence electrons. The van der Waals surface area contributed by atoms with Crippen LogP contribution in [0.4, 0.5) is 0 Å². The zero-order chi connectivity index (χ0) is 21.3. The molecule has 1 aromatic rings. The molecule has 1 rings (SSSR count). The van der Waals surface area contributed by atoms with Gasteiger partial charge in [0.25, 0.3) is 0 Å². The first-order valence-corrected chi connectivity index (χ1v) is 9.15. The maximum absolute atomic E-state index is 12.1. The van der Waals surface area contributed by atoms with Crippen molar-refractivity contribution in [3.63, 3.8) is 0 Å². The van der Waals surface area contributed by atoms with Crippen molar-refractivity contribution in [1.82, 2.24) is 10.6 Å². The first kappa shape index (κ1) is 23.0. The lowest BCUT2D eigenvalue weighted by atomic mass is 9.95. The van der Waals surface area contributed by atoms with Gasteiger partial charge in [0, 0.05) is 17.5 Å². The minimum Gasteiger partial charge on any atom is -0.352 e. The molecule has 0 aliphatic rings. The van der Waals surface area contributed by atoms with E-state index < -0.39 is 5.41 Å². The molecule has 0 fully saturated rings. The number of carbonyl (C=O) groups excluding carboxylic acids is 2. The van der Waals surface area contributed by atoms with E-state index in [9.17, 15) is 9.59 Å². The van der Waals surface area contributed by atoms with Crippen LogP contribution in [-0.2, 0) is 16.1 Å². The van der Waals surface area contributed by atoms with Gasteiger partial charge < -0.3 is 10.6 Å². The molecular weight excluding hydrogens is 352 g/mol. The summed E-state index contributed by atoms with van der Waals surface area (Å²) in [6.07, 6.45) is 4.35. The number of amidine groups is 2. The molecule has 0 spiro atoms. The van der Waals surface area contributed by atoms with Gasteiger partial charge in [-0.15, -0.1) is 0 Å². The van der Waals surface area contributed by atoms with E-state index in [1.165, 1.54) is 0 Å². The van der Waals surface area contributed by atoms with Gasteiger partial charge in [0.15, 0.2) is 0 Å². The molecule has 1 aromatic carbocycles. The molecule has 0 atom stereocenters. The molecule has 0 unspecified atom stereocenters. The van der Waals surface area contributed by atoms with Gasteiger partial charge in [-0.1, -0.05) is 56.7 Å². The normalized spacial score (nSPS) is 13.1. The molecule has 28 heavy (non-hydrogen) atoms. The van der Waals surface area contributed by atoms with E-state index in [-0.39, 0.29) is 17.6 Å². The highest BCUT2D eigenvalue weighted by atomic mass is 16.2. The molecule has 0 saturated heterocycles. The van der Waals surface area contributed by atoms with Crippen LogP contribution in [0.2, 0.25) is 0 Å². The van der Waals surface area contributed by atoms with Crippen molar-refractivity contribution in [3.8, 4) is 0 Å². The van der Waals surface area contributed by atoms with Crippen LogP contribution in [0, 0.1) is 10.8 Å². The average Bonchev–Trinajstić information content (AvgIpc) is 2.64. The molecule has 0 heterocycles. The minimum absolute atomic E-state index is 0.0419. The van der Waals surface area contributed by atoms with E-state index in [0.717, 1.165) is 11.1 Å². The molecule has 0 aliphatic heterocycles. The van der Waals surface area contributed by atoms with Crippen LogP contribution in [0.5, 0.6) is 0 Å². The van der Waals surface area contributed by atoms with Crippen molar-refractivity contribution in [2.24, 2.45) is 10.4 Å². The Bertz CT molecular complexity index is 827. The monoisotopic (exact) mass is 382 g/mol. The summed E-state index contributed by atoms with van der Waals surface area (Å²) in [4.78, 5) is 27.4. The fourth-order valence-electron chi connectivity index (χ4n) is 2.21. The van der Waals surface area contributed by atoms with Gasteiger partial charge in [-0.05, 0) is 38.0 Å². The Balaban J connectivity index is 3.09. The van der Waals surface area contributed by atoms with E-state index in [0.29, 0.717) is 24.1 Å². The van der Waals surface area contributed by atoms with Crippen molar-refractivity contribution < 1.29 is 9.59 Å². The summed E-state index contributed by atoms with van der Waals surface area (Å²) in [6, 6.07) is 7.35. The van der Waals surface area contributed by atoms with Crippen molar-refractivity contribution in [3.05, 3.63) is 58.7 Å². The SMILES string of the molecule is C/C=C(C)\C=C(/C)C(=N)/N=C(\NC=O)c1cccc(CNC(=O)C(C)(C)C)c1. The Hall–Kier alpha value is -3.02. The number of aliphatic imine (C=N–C) groups is 1. The van der Waals surface area contributed by atoms with Crippen LogP contribution in [0.25, 0.3) is 0 Å². The first-order chi connectivity index (χ1) is 13.1. The lowest BCUT2D eigenvalue weighted by Gasteiger charge is -2.17. The van der Waals surface area contributed by atoms with Gasteiger partial charge in [0.05, 0.1) is 0 Å². The second-order valence-electron chi connectivity index (χ2n) is 7.56. The molecule has 6 heteroatoms. The summed E-state index contributed by atoms with van der Waals surface area (Å²) in [5.41, 5.74) is 2.79.